The molecule has 0 unspecified atom stereocenters. The van der Waals surface area contributed by atoms with Gasteiger partial charge in [-0.05, 0) is 0 Å². The van der Waals surface area contributed by atoms with E-state index in [9.17, 15) is 4.79 Å². The molecule has 0 N–H and O–H groups in total. The van der Waals surface area contributed by atoms with Gasteiger partial charge in [0.25, 0.3) is 0 Å². The van der Waals surface area contributed by atoms with E-state index in [0.29, 0.717) is 29.9 Å². The normalized spacial score (nSPS) is 7.67. The number of hydrogen-bond donors (Lipinski definition) is 0. The quantitative estimate of drug-likeness (QED) is 0.529. The summed E-state index contributed by atoms with van der Waals surface area (Å²) in [6, 6.07) is 0. The summed E-state index contributed by atoms with van der Waals surface area (Å²) in [5.41, 5.74) is 0. The molecule has 3 heteroatoms. The fourth-order valence-corrected chi connectivity index (χ4v) is 0.559. The summed E-state index contributed by atoms with van der Waals surface area (Å²) >= 11 is 0.587. The van der Waals surface area contributed by atoms with E-state index < -0.39 is 0 Å². The van der Waals surface area contributed by atoms with E-state index in [2.05, 4.69) is 3.02 Å². The Morgan fingerprint density at radius 3 is 2.50 bits per heavy atom. The molecule has 0 rings (SSSR count). The Labute approximate surface area is 50.9 Å². The summed E-state index contributed by atoms with van der Waals surface area (Å²) in [5.74, 6) is -0.0996. The van der Waals surface area contributed by atoms with Crippen LogP contribution in [0.4, 0.5) is 0 Å². The second kappa shape index (κ2) is 3.48. The minimum absolute atomic E-state index is 0.0996. The van der Waals surface area contributed by atoms with Crippen LogP contribution in [-0.2, 0) is 7.81 Å². The first kappa shape index (κ1) is 6.29. The second-order valence-corrected chi connectivity index (χ2v) is 1.52. The van der Waals surface area contributed by atoms with E-state index >= 15 is 0 Å². The van der Waals surface area contributed by atoms with Crippen molar-refractivity contribution in [2.24, 2.45) is 0 Å². The van der Waals surface area contributed by atoms with Gasteiger partial charge >= 0.3 is 50.6 Å². The zero-order valence-electron chi connectivity index (χ0n) is 3.60. The number of hydrogen-bond acceptors (Lipinski definition) is 2. The van der Waals surface area contributed by atoms with Crippen molar-refractivity contribution >= 4 is 29.4 Å². The van der Waals surface area contributed by atoms with E-state index in [1.165, 1.54) is 0 Å². The van der Waals surface area contributed by atoms with Crippen molar-refractivity contribution in [3.05, 3.63) is 0 Å². The molecule has 0 aromatic carbocycles. The van der Waals surface area contributed by atoms with E-state index in [1.54, 1.807) is 6.92 Å². The van der Waals surface area contributed by atoms with Crippen LogP contribution in [0.1, 0.15) is 13.3 Å². The van der Waals surface area contributed by atoms with Crippen LogP contribution in [0.3, 0.4) is 0 Å². The van der Waals surface area contributed by atoms with Crippen molar-refractivity contribution in [2.75, 3.05) is 0 Å². The number of carbonyl (C=O) groups excluding carboxylic acids is 1. The Kier molecular flexibility index (Phi) is 3.64. The molecule has 0 aliphatic carbocycles. The molecule has 0 spiro atoms. The fourth-order valence-electron chi connectivity index (χ4n) is 0.0833. The van der Waals surface area contributed by atoms with Gasteiger partial charge in [-0.25, -0.2) is 0 Å². The molecule has 0 fully saturated rings. The molecule has 6 heavy (non-hydrogen) atoms. The molecule has 0 aliphatic heterocycles. The Balaban J connectivity index is 2.99. The van der Waals surface area contributed by atoms with Crippen LogP contribution in [0.5, 0.6) is 0 Å². The molecule has 0 aliphatic rings. The van der Waals surface area contributed by atoms with Crippen LogP contribution < -0.4 is 0 Å². The minimum atomic E-state index is -0.0996. The van der Waals surface area contributed by atoms with Gasteiger partial charge in [-0.15, -0.1) is 0 Å². The maximum atomic E-state index is 9.99. The van der Waals surface area contributed by atoms with Crippen molar-refractivity contribution in [1.29, 1.82) is 0 Å². The predicted octanol–water partition coefficient (Wildman–Crippen LogP) is -0.512. The van der Waals surface area contributed by atoms with E-state index in [4.69, 9.17) is 0 Å². The molecule has 0 aromatic rings. The van der Waals surface area contributed by atoms with Crippen LogP contribution in [0.25, 0.3) is 0 Å². The number of carbonyl (C=O) groups is 1. The number of rotatable bonds is 1. The van der Waals surface area contributed by atoms with Gasteiger partial charge in [0.1, 0.15) is 0 Å². The van der Waals surface area contributed by atoms with Crippen molar-refractivity contribution in [2.45, 2.75) is 13.3 Å². The Bertz CT molecular complexity index is 46.8. The Morgan fingerprint density at radius 1 is 2.00 bits per heavy atom. The molecule has 0 bridgehead atoms. The average molecular weight is 197 g/mol. The molecule has 0 atom stereocenters. The molecule has 0 aromatic heterocycles. The summed E-state index contributed by atoms with van der Waals surface area (Å²) in [4.78, 5) is 9.99. The van der Waals surface area contributed by atoms with Gasteiger partial charge < -0.3 is 0 Å². The van der Waals surface area contributed by atoms with Crippen molar-refractivity contribution in [1.82, 2.24) is 0 Å². The van der Waals surface area contributed by atoms with Gasteiger partial charge in [0.2, 0.25) is 0 Å². The standard InChI is InChI=1S/C3H6O2.Sb.2H/c1-2-3(4)5;;;/h2H2,1H3,(H,4,5);;;/q;+1;;/p-1. The van der Waals surface area contributed by atoms with Crippen molar-refractivity contribution in [3.8, 4) is 0 Å². The van der Waals surface area contributed by atoms with Crippen LogP contribution >= 0.6 is 0 Å². The molecule has 36 valence electrons. The maximum absolute atomic E-state index is 9.99. The molecular weight excluding hydrogens is 190 g/mol. The van der Waals surface area contributed by atoms with Gasteiger partial charge in [0.05, 0.1) is 0 Å². The topological polar surface area (TPSA) is 26.3 Å². The second-order valence-electron chi connectivity index (χ2n) is 0.843. The van der Waals surface area contributed by atoms with Gasteiger partial charge in [-0.2, -0.15) is 0 Å². The van der Waals surface area contributed by atoms with E-state index in [-0.39, 0.29) is 5.97 Å². The summed E-state index contributed by atoms with van der Waals surface area (Å²) in [7, 11) is 0. The third kappa shape index (κ3) is 2.52. The van der Waals surface area contributed by atoms with Crippen LogP contribution in [0.2, 0.25) is 0 Å². The van der Waals surface area contributed by atoms with Crippen LogP contribution in [0.15, 0.2) is 0 Å². The Hall–Kier alpha value is 0.288. The first-order valence-corrected chi connectivity index (χ1v) is 3.05. The van der Waals surface area contributed by atoms with Crippen molar-refractivity contribution < 1.29 is 7.81 Å². The monoisotopic (exact) mass is 196 g/mol. The molecule has 0 heterocycles. The SMILES string of the molecule is CCC(=O)[O][SbH2]. The summed E-state index contributed by atoms with van der Waals surface area (Å²) in [6.45, 7) is 1.78. The summed E-state index contributed by atoms with van der Waals surface area (Å²) in [5, 5.41) is 0. The molecule has 2 nitrogen and oxygen atoms in total. The van der Waals surface area contributed by atoms with E-state index in [0.717, 1.165) is 0 Å². The van der Waals surface area contributed by atoms with Gasteiger partial charge in [0, 0.05) is 0 Å². The third-order valence-corrected chi connectivity index (χ3v) is 1.17. The zero-order valence-corrected chi connectivity index (χ0v) is 6.90. The average Bonchev–Trinajstić information content (AvgIpc) is 1.65. The van der Waals surface area contributed by atoms with Crippen molar-refractivity contribution in [3.63, 3.8) is 0 Å². The molecule has 0 amide bonds. The van der Waals surface area contributed by atoms with Crippen LogP contribution in [-0.4, -0.2) is 29.4 Å². The Morgan fingerprint density at radius 2 is 2.50 bits per heavy atom. The zero-order chi connectivity index (χ0) is 4.99. The fraction of sp³-hybridized carbons (Fsp3) is 0.667. The predicted molar refractivity (Wildman–Crippen MR) is 24.9 cm³/mol. The van der Waals surface area contributed by atoms with Crippen LogP contribution in [0, 0.1) is 0 Å². The van der Waals surface area contributed by atoms with Gasteiger partial charge in [-0.1, -0.05) is 0 Å². The van der Waals surface area contributed by atoms with E-state index in [1.807, 2.05) is 0 Å². The molecule has 0 radical (unpaired) electrons. The van der Waals surface area contributed by atoms with Gasteiger partial charge in [0.15, 0.2) is 0 Å². The van der Waals surface area contributed by atoms with Gasteiger partial charge in [-0.3, -0.25) is 0 Å². The molecule has 0 saturated heterocycles. The summed E-state index contributed by atoms with van der Waals surface area (Å²) in [6.07, 6.45) is 0.501. The molecule has 0 saturated carbocycles. The first-order chi connectivity index (χ1) is 2.81. The third-order valence-electron chi connectivity index (χ3n) is 0.420. The summed E-state index contributed by atoms with van der Waals surface area (Å²) < 4.78 is 4.39. The molecular formula is C3H7O2Sb. The first-order valence-electron chi connectivity index (χ1n) is 1.70.